The number of carbonyl (C=O) groups excluding carboxylic acids is 1. The summed E-state index contributed by atoms with van der Waals surface area (Å²) in [6.07, 6.45) is 0.481. The first kappa shape index (κ1) is 17.2. The van der Waals surface area contributed by atoms with E-state index >= 15 is 0 Å². The van der Waals surface area contributed by atoms with E-state index in [0.717, 1.165) is 49.3 Å². The Morgan fingerprint density at radius 2 is 2.00 bits per heavy atom. The number of rotatable bonds is 5. The Kier molecular flexibility index (Phi) is 5.01. The molecule has 7 heteroatoms. The summed E-state index contributed by atoms with van der Waals surface area (Å²) in [7, 11) is 0. The Labute approximate surface area is 156 Å². The minimum atomic E-state index is -0.539. The highest BCUT2D eigenvalue weighted by atomic mass is 32.1. The maximum Gasteiger partial charge on any atom is 0.239 e. The molecule has 1 aliphatic rings. The molecule has 1 atom stereocenters. The monoisotopic (exact) mass is 369 g/mol. The zero-order chi connectivity index (χ0) is 17.9. The Morgan fingerprint density at radius 1 is 1.19 bits per heavy atom. The molecule has 0 radical (unpaired) electrons. The summed E-state index contributed by atoms with van der Waals surface area (Å²) >= 11 is 1.78. The van der Waals surface area contributed by atoms with Crippen molar-refractivity contribution in [2.45, 2.75) is 19.0 Å². The van der Waals surface area contributed by atoms with Crippen LogP contribution in [0, 0.1) is 0 Å². The van der Waals surface area contributed by atoms with Gasteiger partial charge in [-0.2, -0.15) is 5.10 Å². The van der Waals surface area contributed by atoms with E-state index in [1.807, 2.05) is 29.2 Å². The molecule has 1 amide bonds. The Morgan fingerprint density at radius 3 is 2.77 bits per heavy atom. The number of piperazine rings is 1. The molecule has 0 aliphatic carbocycles. The lowest BCUT2D eigenvalue weighted by Gasteiger charge is -2.35. The summed E-state index contributed by atoms with van der Waals surface area (Å²) in [4.78, 5) is 18.4. The van der Waals surface area contributed by atoms with Crippen molar-refractivity contribution in [3.05, 3.63) is 52.3 Å². The van der Waals surface area contributed by atoms with Crippen LogP contribution in [0.2, 0.25) is 0 Å². The number of aromatic amines is 1. The maximum atomic E-state index is 12.7. The average molecular weight is 369 g/mol. The molecular formula is C19H23N5OS. The van der Waals surface area contributed by atoms with Gasteiger partial charge in [0.25, 0.3) is 0 Å². The lowest BCUT2D eigenvalue weighted by molar-refractivity contribution is -0.134. The third-order valence-electron chi connectivity index (χ3n) is 4.93. The van der Waals surface area contributed by atoms with Gasteiger partial charge in [-0.1, -0.05) is 24.3 Å². The Hall–Kier alpha value is -2.22. The molecule has 0 bridgehead atoms. The summed E-state index contributed by atoms with van der Waals surface area (Å²) in [5.74, 6) is 0.0273. The minimum absolute atomic E-state index is 0.0273. The molecule has 1 unspecified atom stereocenters. The number of hydrogen-bond donors (Lipinski definition) is 2. The number of benzene rings is 1. The van der Waals surface area contributed by atoms with Crippen molar-refractivity contribution in [1.82, 2.24) is 20.0 Å². The fourth-order valence-electron chi connectivity index (χ4n) is 3.46. The van der Waals surface area contributed by atoms with Gasteiger partial charge in [-0.25, -0.2) is 0 Å². The second-order valence-electron chi connectivity index (χ2n) is 6.71. The first-order valence-electron chi connectivity index (χ1n) is 8.92. The van der Waals surface area contributed by atoms with Gasteiger partial charge in [0.1, 0.15) is 0 Å². The van der Waals surface area contributed by atoms with Crippen molar-refractivity contribution >= 4 is 28.1 Å². The number of fused-ring (bicyclic) bond motifs is 1. The van der Waals surface area contributed by atoms with Gasteiger partial charge in [0.2, 0.25) is 5.91 Å². The van der Waals surface area contributed by atoms with E-state index in [9.17, 15) is 4.79 Å². The van der Waals surface area contributed by atoms with Gasteiger partial charge in [-0.15, -0.1) is 11.3 Å². The molecule has 0 spiro atoms. The summed E-state index contributed by atoms with van der Waals surface area (Å²) in [6, 6.07) is 11.6. The van der Waals surface area contributed by atoms with Crippen LogP contribution in [0.15, 0.2) is 41.8 Å². The van der Waals surface area contributed by atoms with E-state index in [1.165, 1.54) is 4.88 Å². The number of hydrogen-bond acceptors (Lipinski definition) is 5. The number of nitrogens with zero attached hydrogens (tertiary/aromatic N) is 3. The highest BCUT2D eigenvalue weighted by Crippen LogP contribution is 2.17. The van der Waals surface area contributed by atoms with Gasteiger partial charge in [0, 0.05) is 55.1 Å². The van der Waals surface area contributed by atoms with E-state index < -0.39 is 6.04 Å². The van der Waals surface area contributed by atoms with E-state index in [0.29, 0.717) is 6.42 Å². The van der Waals surface area contributed by atoms with Crippen LogP contribution in [0.3, 0.4) is 0 Å². The first-order valence-corrected chi connectivity index (χ1v) is 9.80. The van der Waals surface area contributed by atoms with Gasteiger partial charge < -0.3 is 10.6 Å². The fourth-order valence-corrected chi connectivity index (χ4v) is 4.21. The molecule has 3 heterocycles. The van der Waals surface area contributed by atoms with Crippen LogP contribution in [0.4, 0.5) is 0 Å². The van der Waals surface area contributed by atoms with Crippen molar-refractivity contribution in [1.29, 1.82) is 0 Å². The highest BCUT2D eigenvalue weighted by Gasteiger charge is 2.26. The molecule has 1 aliphatic heterocycles. The van der Waals surface area contributed by atoms with Crippen molar-refractivity contribution in [2.75, 3.05) is 26.2 Å². The van der Waals surface area contributed by atoms with Crippen LogP contribution in [0.1, 0.15) is 10.6 Å². The molecule has 3 N–H and O–H groups in total. The van der Waals surface area contributed by atoms with Gasteiger partial charge in [0.15, 0.2) is 0 Å². The van der Waals surface area contributed by atoms with E-state index in [2.05, 4.69) is 32.6 Å². The molecule has 4 rings (SSSR count). The van der Waals surface area contributed by atoms with Gasteiger partial charge in [-0.05, 0) is 17.5 Å². The highest BCUT2D eigenvalue weighted by molar-refractivity contribution is 7.09. The van der Waals surface area contributed by atoms with Crippen LogP contribution in [-0.4, -0.2) is 58.1 Å². The third kappa shape index (κ3) is 3.65. The summed E-state index contributed by atoms with van der Waals surface area (Å²) < 4.78 is 0. The summed E-state index contributed by atoms with van der Waals surface area (Å²) in [5, 5.41) is 10.4. The summed E-state index contributed by atoms with van der Waals surface area (Å²) in [6.45, 7) is 4.22. The smallest absolute Gasteiger partial charge is 0.239 e. The second kappa shape index (κ2) is 7.57. The number of carbonyl (C=O) groups is 1. The van der Waals surface area contributed by atoms with Crippen LogP contribution in [0.5, 0.6) is 0 Å². The largest absolute Gasteiger partial charge is 0.339 e. The molecule has 1 saturated heterocycles. The van der Waals surface area contributed by atoms with E-state index in [1.54, 1.807) is 11.3 Å². The number of para-hydroxylation sites is 1. The van der Waals surface area contributed by atoms with Crippen LogP contribution in [0.25, 0.3) is 10.9 Å². The molecular weight excluding hydrogens is 346 g/mol. The Balaban J connectivity index is 1.33. The molecule has 2 aromatic heterocycles. The number of amides is 1. The van der Waals surface area contributed by atoms with Crippen LogP contribution in [-0.2, 0) is 17.8 Å². The predicted octanol–water partition coefficient (Wildman–Crippen LogP) is 1.84. The normalized spacial score (nSPS) is 16.9. The van der Waals surface area contributed by atoms with Crippen molar-refractivity contribution < 1.29 is 4.79 Å². The van der Waals surface area contributed by atoms with Crippen molar-refractivity contribution in [3.8, 4) is 0 Å². The molecule has 1 fully saturated rings. The number of H-pyrrole nitrogens is 1. The fraction of sp³-hybridized carbons (Fsp3) is 0.368. The van der Waals surface area contributed by atoms with E-state index in [-0.39, 0.29) is 5.91 Å². The minimum Gasteiger partial charge on any atom is -0.339 e. The number of thiophene rings is 1. The zero-order valence-corrected chi connectivity index (χ0v) is 15.4. The van der Waals surface area contributed by atoms with Crippen molar-refractivity contribution in [2.24, 2.45) is 5.73 Å². The molecule has 26 heavy (non-hydrogen) atoms. The topological polar surface area (TPSA) is 78.2 Å². The molecule has 136 valence electrons. The third-order valence-corrected chi connectivity index (χ3v) is 5.79. The SMILES string of the molecule is NC(Cc1[nH]nc2ccccc12)C(=O)N1CCN(Cc2cccs2)CC1. The molecule has 3 aromatic rings. The molecule has 1 aromatic carbocycles. The predicted molar refractivity (Wildman–Crippen MR) is 104 cm³/mol. The zero-order valence-electron chi connectivity index (χ0n) is 14.6. The average Bonchev–Trinajstić information content (AvgIpc) is 3.32. The van der Waals surface area contributed by atoms with Gasteiger partial charge in [0.05, 0.1) is 11.6 Å². The van der Waals surface area contributed by atoms with Crippen molar-refractivity contribution in [3.63, 3.8) is 0 Å². The quantitative estimate of drug-likeness (QED) is 0.719. The van der Waals surface area contributed by atoms with Crippen LogP contribution >= 0.6 is 11.3 Å². The van der Waals surface area contributed by atoms with Gasteiger partial charge in [-0.3, -0.25) is 14.8 Å². The standard InChI is InChI=1S/C19H23N5OS/c20-16(12-18-15-5-1-2-6-17(15)21-22-18)19(25)24-9-7-23(8-10-24)13-14-4-3-11-26-14/h1-6,11,16H,7-10,12-13,20H2,(H,21,22). The lowest BCUT2D eigenvalue weighted by atomic mass is 10.1. The Bertz CT molecular complexity index is 867. The number of nitrogens with two attached hydrogens (primary N) is 1. The summed E-state index contributed by atoms with van der Waals surface area (Å²) in [5.41, 5.74) is 8.06. The number of nitrogens with one attached hydrogen (secondary N) is 1. The van der Waals surface area contributed by atoms with E-state index in [4.69, 9.17) is 5.73 Å². The maximum absolute atomic E-state index is 12.7. The number of aromatic nitrogens is 2. The first-order chi connectivity index (χ1) is 12.7. The lowest BCUT2D eigenvalue weighted by Crippen LogP contribution is -2.53. The second-order valence-corrected chi connectivity index (χ2v) is 7.74. The molecule has 6 nitrogen and oxygen atoms in total. The van der Waals surface area contributed by atoms with Crippen LogP contribution < -0.4 is 5.73 Å². The van der Waals surface area contributed by atoms with Gasteiger partial charge >= 0.3 is 0 Å². The molecule has 0 saturated carbocycles.